The van der Waals surface area contributed by atoms with E-state index < -0.39 is 28.4 Å². The first-order valence-corrected chi connectivity index (χ1v) is 11.5. The van der Waals surface area contributed by atoms with Crippen LogP contribution in [0, 0.1) is 0 Å². The van der Waals surface area contributed by atoms with Crippen LogP contribution < -0.4 is 10.1 Å². The van der Waals surface area contributed by atoms with Gasteiger partial charge in [-0.05, 0) is 47.7 Å². The molecular formula is C23H26N2O5S. The summed E-state index contributed by atoms with van der Waals surface area (Å²) < 4.78 is 32.1. The zero-order valence-electron chi connectivity index (χ0n) is 17.8. The van der Waals surface area contributed by atoms with E-state index in [4.69, 9.17) is 4.74 Å². The number of nitrogens with zero attached hydrogens (tertiary/aromatic N) is 1. The monoisotopic (exact) mass is 442 g/mol. The molecule has 2 aromatic rings. The third-order valence-electron chi connectivity index (χ3n) is 5.27. The minimum absolute atomic E-state index is 0.0480. The quantitative estimate of drug-likeness (QED) is 0.679. The second kappa shape index (κ2) is 9.34. The van der Waals surface area contributed by atoms with Crippen LogP contribution >= 0.6 is 0 Å². The van der Waals surface area contributed by atoms with Crippen molar-refractivity contribution in [3.63, 3.8) is 0 Å². The first-order chi connectivity index (χ1) is 14.8. The maximum atomic E-state index is 13.2. The smallest absolute Gasteiger partial charge is 0.268 e. The van der Waals surface area contributed by atoms with E-state index in [-0.39, 0.29) is 22.8 Å². The zero-order valence-corrected chi connectivity index (χ0v) is 18.6. The van der Waals surface area contributed by atoms with Crippen LogP contribution in [-0.4, -0.2) is 44.7 Å². The highest BCUT2D eigenvalue weighted by Crippen LogP contribution is 2.37. The van der Waals surface area contributed by atoms with Crippen molar-refractivity contribution in [1.29, 1.82) is 0 Å². The van der Waals surface area contributed by atoms with Gasteiger partial charge in [0.15, 0.2) is 0 Å². The van der Waals surface area contributed by atoms with E-state index >= 15 is 0 Å². The summed E-state index contributed by atoms with van der Waals surface area (Å²) in [5.41, 5.74) is 1.63. The number of hydrogen-bond acceptors (Lipinski definition) is 5. The van der Waals surface area contributed by atoms with Gasteiger partial charge in [0.05, 0.1) is 7.11 Å². The summed E-state index contributed by atoms with van der Waals surface area (Å²) in [5, 5.41) is 2.74. The molecule has 2 aromatic carbocycles. The third-order valence-corrected chi connectivity index (χ3v) is 7.15. The van der Waals surface area contributed by atoms with Crippen LogP contribution in [-0.2, 0) is 19.6 Å². The molecule has 0 radical (unpaired) electrons. The van der Waals surface area contributed by atoms with Crippen LogP contribution in [0.2, 0.25) is 0 Å². The molecule has 1 atom stereocenters. The second-order valence-electron chi connectivity index (χ2n) is 7.32. The van der Waals surface area contributed by atoms with E-state index in [1.165, 1.54) is 7.11 Å². The number of sulfonamides is 1. The number of carbonyl (C=O) groups excluding carboxylic acids is 2. The highest BCUT2D eigenvalue weighted by molar-refractivity contribution is 7.99. The first kappa shape index (κ1) is 22.6. The Labute approximate surface area is 182 Å². The molecule has 164 valence electrons. The van der Waals surface area contributed by atoms with Crippen molar-refractivity contribution in [1.82, 2.24) is 9.62 Å². The van der Waals surface area contributed by atoms with E-state index in [9.17, 15) is 18.0 Å². The number of ether oxygens (including phenoxy) is 1. The Hall–Kier alpha value is -3.13. The molecule has 0 spiro atoms. The van der Waals surface area contributed by atoms with Crippen LogP contribution in [0.4, 0.5) is 0 Å². The van der Waals surface area contributed by atoms with Gasteiger partial charge in [-0.3, -0.25) is 9.59 Å². The van der Waals surface area contributed by atoms with Gasteiger partial charge < -0.3 is 10.1 Å². The Morgan fingerprint density at radius 2 is 1.74 bits per heavy atom. The predicted octanol–water partition coefficient (Wildman–Crippen LogP) is 2.91. The minimum Gasteiger partial charge on any atom is -0.497 e. The van der Waals surface area contributed by atoms with Crippen molar-refractivity contribution in [2.24, 2.45) is 0 Å². The van der Waals surface area contributed by atoms with Gasteiger partial charge in [-0.1, -0.05) is 44.2 Å². The summed E-state index contributed by atoms with van der Waals surface area (Å²) >= 11 is 0. The highest BCUT2D eigenvalue weighted by atomic mass is 32.2. The van der Waals surface area contributed by atoms with E-state index in [0.29, 0.717) is 22.2 Å². The molecule has 3 rings (SSSR count). The Balaban J connectivity index is 1.75. The lowest BCUT2D eigenvalue weighted by Crippen LogP contribution is -2.42. The lowest BCUT2D eigenvalue weighted by molar-refractivity contribution is -0.128. The fraction of sp³-hybridized carbons (Fsp3) is 0.304. The molecule has 8 heteroatoms. The van der Waals surface area contributed by atoms with Gasteiger partial charge in [0.25, 0.3) is 15.9 Å². The Morgan fingerprint density at radius 1 is 1.10 bits per heavy atom. The lowest BCUT2D eigenvalue weighted by atomic mass is 10.0. The molecule has 0 saturated heterocycles. The van der Waals surface area contributed by atoms with Gasteiger partial charge in [0, 0.05) is 12.1 Å². The molecule has 0 fully saturated rings. The summed E-state index contributed by atoms with van der Waals surface area (Å²) in [7, 11) is -2.62. The Morgan fingerprint density at radius 3 is 2.32 bits per heavy atom. The molecule has 1 aliphatic heterocycles. The molecule has 7 nitrogen and oxygen atoms in total. The average Bonchev–Trinajstić information content (AvgIpc) is 2.97. The largest absolute Gasteiger partial charge is 0.497 e. The van der Waals surface area contributed by atoms with Gasteiger partial charge in [-0.25, -0.2) is 12.7 Å². The number of benzene rings is 2. The third kappa shape index (κ3) is 4.64. The SMILES string of the molecule is CCC1=C(c2ccc(OC)cc2)S(=O)(=O)N(CC(=O)NCC(C)c2ccccc2)C1=O. The molecule has 0 saturated carbocycles. The molecule has 0 aliphatic carbocycles. The maximum Gasteiger partial charge on any atom is 0.268 e. The summed E-state index contributed by atoms with van der Waals surface area (Å²) in [5.74, 6) is -0.547. The number of rotatable bonds is 8. The van der Waals surface area contributed by atoms with Gasteiger partial charge in [0.2, 0.25) is 5.91 Å². The standard InChI is InChI=1S/C23H26N2O5S/c1-4-20-22(18-10-12-19(30-3)13-11-18)31(28,29)25(23(20)27)15-21(26)24-14-16(2)17-8-6-5-7-9-17/h5-13,16H,4,14-15H2,1-3H3,(H,24,26). The van der Waals surface area contributed by atoms with Crippen molar-refractivity contribution in [2.45, 2.75) is 26.2 Å². The number of carbonyl (C=O) groups is 2. The highest BCUT2D eigenvalue weighted by Gasteiger charge is 2.44. The van der Waals surface area contributed by atoms with E-state index in [1.807, 2.05) is 37.3 Å². The van der Waals surface area contributed by atoms with Crippen LogP contribution in [0.1, 0.15) is 37.3 Å². The molecule has 0 bridgehead atoms. The molecule has 1 aliphatic rings. The van der Waals surface area contributed by atoms with E-state index in [2.05, 4.69) is 5.32 Å². The average molecular weight is 443 g/mol. The fourth-order valence-electron chi connectivity index (χ4n) is 3.51. The predicted molar refractivity (Wildman–Crippen MR) is 119 cm³/mol. The number of methoxy groups -OCH3 is 1. The van der Waals surface area contributed by atoms with Crippen LogP contribution in [0.5, 0.6) is 5.75 Å². The minimum atomic E-state index is -4.13. The van der Waals surface area contributed by atoms with Crippen molar-refractivity contribution < 1.29 is 22.7 Å². The lowest BCUT2D eigenvalue weighted by Gasteiger charge is -2.18. The zero-order chi connectivity index (χ0) is 22.6. The van der Waals surface area contributed by atoms with Gasteiger partial charge in [-0.15, -0.1) is 0 Å². The summed E-state index contributed by atoms with van der Waals surface area (Å²) in [6.07, 6.45) is 0.239. The number of nitrogens with one attached hydrogen (secondary N) is 1. The fourth-order valence-corrected chi connectivity index (χ4v) is 5.32. The Bertz CT molecular complexity index is 1090. The van der Waals surface area contributed by atoms with Crippen LogP contribution in [0.25, 0.3) is 4.91 Å². The summed E-state index contributed by atoms with van der Waals surface area (Å²) in [4.78, 5) is 25.3. The molecule has 2 amide bonds. The summed E-state index contributed by atoms with van der Waals surface area (Å²) in [6.45, 7) is 3.47. The van der Waals surface area contributed by atoms with Crippen molar-refractivity contribution in [2.75, 3.05) is 20.2 Å². The molecule has 0 aromatic heterocycles. The molecule has 1 unspecified atom stereocenters. The van der Waals surface area contributed by atoms with Crippen molar-refractivity contribution in [3.8, 4) is 5.75 Å². The number of hydrogen-bond donors (Lipinski definition) is 1. The summed E-state index contributed by atoms with van der Waals surface area (Å²) in [6, 6.07) is 16.1. The number of amides is 2. The van der Waals surface area contributed by atoms with Crippen LogP contribution in [0.15, 0.2) is 60.2 Å². The molecule has 1 N–H and O–H groups in total. The van der Waals surface area contributed by atoms with Crippen LogP contribution in [0.3, 0.4) is 0 Å². The first-order valence-electron chi connectivity index (χ1n) is 10.1. The molecule has 31 heavy (non-hydrogen) atoms. The second-order valence-corrected chi connectivity index (χ2v) is 9.12. The van der Waals surface area contributed by atoms with Gasteiger partial charge in [0.1, 0.15) is 17.2 Å². The van der Waals surface area contributed by atoms with Crippen molar-refractivity contribution >= 4 is 26.7 Å². The van der Waals surface area contributed by atoms with Gasteiger partial charge >= 0.3 is 0 Å². The van der Waals surface area contributed by atoms with Gasteiger partial charge in [-0.2, -0.15) is 0 Å². The van der Waals surface area contributed by atoms with E-state index in [1.54, 1.807) is 31.2 Å². The normalized spacial score (nSPS) is 16.4. The maximum absolute atomic E-state index is 13.2. The topological polar surface area (TPSA) is 92.8 Å². The van der Waals surface area contributed by atoms with Crippen molar-refractivity contribution in [3.05, 3.63) is 71.3 Å². The molecular weight excluding hydrogens is 416 g/mol. The Kier molecular flexibility index (Phi) is 6.80. The van der Waals surface area contributed by atoms with E-state index in [0.717, 1.165) is 5.56 Å². The molecule has 1 heterocycles.